The molecule has 2 amide bonds. The highest BCUT2D eigenvalue weighted by Crippen LogP contribution is 2.23. The molecule has 2 rings (SSSR count). The molecule has 5 nitrogen and oxygen atoms in total. The normalized spacial score (nSPS) is 13.8. The van der Waals surface area contributed by atoms with Crippen LogP contribution in [0.25, 0.3) is 0 Å². The number of halogens is 1. The molecule has 1 aromatic rings. The van der Waals surface area contributed by atoms with Crippen LogP contribution in [0.4, 0.5) is 5.69 Å². The van der Waals surface area contributed by atoms with E-state index in [-0.39, 0.29) is 30.8 Å². The van der Waals surface area contributed by atoms with Gasteiger partial charge in [0.25, 0.3) is 5.91 Å². The lowest BCUT2D eigenvalue weighted by atomic mass is 10.0. The Morgan fingerprint density at radius 2 is 1.95 bits per heavy atom. The van der Waals surface area contributed by atoms with Crippen molar-refractivity contribution in [1.82, 2.24) is 4.90 Å². The summed E-state index contributed by atoms with van der Waals surface area (Å²) in [5, 5.41) is 2.69. The zero-order valence-corrected chi connectivity index (χ0v) is 12.3. The summed E-state index contributed by atoms with van der Waals surface area (Å²) in [4.78, 5) is 25.8. The van der Waals surface area contributed by atoms with E-state index in [1.165, 1.54) is 0 Å². The summed E-state index contributed by atoms with van der Waals surface area (Å²) in [6.45, 7) is 3.36. The van der Waals surface area contributed by atoms with Crippen molar-refractivity contribution >= 4 is 29.9 Å². The molecule has 0 bridgehead atoms. The van der Waals surface area contributed by atoms with E-state index in [1.54, 1.807) is 6.07 Å². The van der Waals surface area contributed by atoms with Crippen molar-refractivity contribution in [3.8, 4) is 0 Å². The summed E-state index contributed by atoms with van der Waals surface area (Å²) in [7, 11) is 0. The number of nitrogens with zero attached hydrogens (tertiary/aromatic N) is 1. The summed E-state index contributed by atoms with van der Waals surface area (Å²) >= 11 is 0. The van der Waals surface area contributed by atoms with E-state index in [2.05, 4.69) is 5.32 Å². The van der Waals surface area contributed by atoms with Crippen LogP contribution in [0.2, 0.25) is 0 Å². The van der Waals surface area contributed by atoms with Gasteiger partial charge in [0.2, 0.25) is 5.91 Å². The van der Waals surface area contributed by atoms with Gasteiger partial charge >= 0.3 is 0 Å². The Kier molecular flexibility index (Phi) is 5.98. The van der Waals surface area contributed by atoms with Crippen molar-refractivity contribution in [2.75, 3.05) is 25.0 Å². The molecule has 0 spiro atoms. The molecular formula is C14H20ClN3O2. The van der Waals surface area contributed by atoms with Crippen LogP contribution in [0.3, 0.4) is 0 Å². The Morgan fingerprint density at radius 3 is 2.55 bits per heavy atom. The fourth-order valence-electron chi connectivity index (χ4n) is 2.34. The number of hydrogen-bond acceptors (Lipinski definition) is 3. The highest BCUT2D eigenvalue weighted by atomic mass is 35.5. The molecule has 1 aromatic carbocycles. The fraction of sp³-hybridized carbons (Fsp3) is 0.429. The molecule has 20 heavy (non-hydrogen) atoms. The van der Waals surface area contributed by atoms with Gasteiger partial charge in [-0.25, -0.2) is 0 Å². The SMILES string of the molecule is Cc1cccc(NC(=O)CN)c1C(=O)N1CCCC1.Cl. The molecule has 3 N–H and O–H groups in total. The number of carbonyl (C=O) groups excluding carboxylic acids is 2. The van der Waals surface area contributed by atoms with Gasteiger partial charge in [-0.05, 0) is 31.4 Å². The number of likely N-dealkylation sites (tertiary alicyclic amines) is 1. The van der Waals surface area contributed by atoms with Crippen LogP contribution in [-0.2, 0) is 4.79 Å². The second-order valence-corrected chi connectivity index (χ2v) is 4.75. The zero-order valence-electron chi connectivity index (χ0n) is 11.5. The Morgan fingerprint density at radius 1 is 1.30 bits per heavy atom. The van der Waals surface area contributed by atoms with Crippen molar-refractivity contribution in [2.24, 2.45) is 5.73 Å². The molecule has 1 saturated heterocycles. The summed E-state index contributed by atoms with van der Waals surface area (Å²) < 4.78 is 0. The molecular weight excluding hydrogens is 278 g/mol. The van der Waals surface area contributed by atoms with Crippen molar-refractivity contribution in [3.05, 3.63) is 29.3 Å². The van der Waals surface area contributed by atoms with E-state index < -0.39 is 0 Å². The maximum atomic E-state index is 12.5. The van der Waals surface area contributed by atoms with Crippen LogP contribution >= 0.6 is 12.4 Å². The molecule has 0 aliphatic carbocycles. The monoisotopic (exact) mass is 297 g/mol. The van der Waals surface area contributed by atoms with Crippen LogP contribution < -0.4 is 11.1 Å². The molecule has 1 fully saturated rings. The Bertz CT molecular complexity index is 499. The third-order valence-electron chi connectivity index (χ3n) is 3.34. The molecule has 6 heteroatoms. The van der Waals surface area contributed by atoms with Crippen molar-refractivity contribution in [1.29, 1.82) is 0 Å². The summed E-state index contributed by atoms with van der Waals surface area (Å²) in [5.41, 5.74) is 7.29. The van der Waals surface area contributed by atoms with Gasteiger partial charge in [0.15, 0.2) is 0 Å². The largest absolute Gasteiger partial charge is 0.339 e. The topological polar surface area (TPSA) is 75.4 Å². The van der Waals surface area contributed by atoms with Crippen molar-refractivity contribution < 1.29 is 9.59 Å². The molecule has 0 unspecified atom stereocenters. The first-order valence-electron chi connectivity index (χ1n) is 6.52. The second kappa shape index (κ2) is 7.26. The zero-order chi connectivity index (χ0) is 13.8. The highest BCUT2D eigenvalue weighted by Gasteiger charge is 2.23. The van der Waals surface area contributed by atoms with Crippen LogP contribution in [0, 0.1) is 6.92 Å². The molecule has 1 aliphatic rings. The molecule has 0 saturated carbocycles. The third-order valence-corrected chi connectivity index (χ3v) is 3.34. The minimum Gasteiger partial charge on any atom is -0.339 e. The van der Waals surface area contributed by atoms with Crippen LogP contribution in [-0.4, -0.2) is 36.3 Å². The lowest BCUT2D eigenvalue weighted by Crippen LogP contribution is -2.30. The van der Waals surface area contributed by atoms with E-state index in [9.17, 15) is 9.59 Å². The highest BCUT2D eigenvalue weighted by molar-refractivity contribution is 6.05. The number of nitrogens with two attached hydrogens (primary N) is 1. The number of anilines is 1. The van der Waals surface area contributed by atoms with Gasteiger partial charge in [-0.2, -0.15) is 0 Å². The molecule has 0 radical (unpaired) electrons. The van der Waals surface area contributed by atoms with Gasteiger partial charge in [-0.3, -0.25) is 9.59 Å². The lowest BCUT2D eigenvalue weighted by molar-refractivity contribution is -0.114. The maximum Gasteiger partial charge on any atom is 0.256 e. The standard InChI is InChI=1S/C14H19N3O2.ClH/c1-10-5-4-6-11(16-12(18)9-15)13(10)14(19)17-7-2-3-8-17;/h4-6H,2-3,7-9,15H2,1H3,(H,16,18);1H. The quantitative estimate of drug-likeness (QED) is 0.889. The summed E-state index contributed by atoms with van der Waals surface area (Å²) in [5.74, 6) is -0.302. The third kappa shape index (κ3) is 3.49. The van der Waals surface area contributed by atoms with Crippen molar-refractivity contribution in [2.45, 2.75) is 19.8 Å². The number of carbonyl (C=O) groups is 2. The van der Waals surface area contributed by atoms with Gasteiger partial charge < -0.3 is 16.0 Å². The van der Waals surface area contributed by atoms with Crippen molar-refractivity contribution in [3.63, 3.8) is 0 Å². The number of benzene rings is 1. The molecule has 0 atom stereocenters. The average molecular weight is 298 g/mol. The first-order valence-corrected chi connectivity index (χ1v) is 6.52. The summed E-state index contributed by atoms with van der Waals surface area (Å²) in [6, 6.07) is 5.44. The predicted octanol–water partition coefficient (Wildman–Crippen LogP) is 1.55. The van der Waals surface area contributed by atoms with Crippen LogP contribution in [0.1, 0.15) is 28.8 Å². The smallest absolute Gasteiger partial charge is 0.256 e. The number of rotatable bonds is 3. The van der Waals surface area contributed by atoms with Gasteiger partial charge in [0, 0.05) is 13.1 Å². The average Bonchev–Trinajstić information content (AvgIpc) is 2.92. The van der Waals surface area contributed by atoms with Gasteiger partial charge in [0.1, 0.15) is 0 Å². The Hall–Kier alpha value is -1.59. The molecule has 1 heterocycles. The first-order chi connectivity index (χ1) is 9.13. The molecule has 0 aromatic heterocycles. The van der Waals surface area contributed by atoms with E-state index in [0.29, 0.717) is 11.3 Å². The Balaban J connectivity index is 0.00000200. The number of aryl methyl sites for hydroxylation is 1. The second-order valence-electron chi connectivity index (χ2n) is 4.75. The van der Waals surface area contributed by atoms with E-state index >= 15 is 0 Å². The first kappa shape index (κ1) is 16.5. The number of nitrogens with one attached hydrogen (secondary N) is 1. The molecule has 110 valence electrons. The van der Waals surface area contributed by atoms with Gasteiger partial charge in [-0.15, -0.1) is 12.4 Å². The van der Waals surface area contributed by atoms with Gasteiger partial charge in [0.05, 0.1) is 17.8 Å². The summed E-state index contributed by atoms with van der Waals surface area (Å²) in [6.07, 6.45) is 2.09. The minimum absolute atomic E-state index is 0. The maximum absolute atomic E-state index is 12.5. The number of hydrogen-bond donors (Lipinski definition) is 2. The minimum atomic E-state index is -0.291. The van der Waals surface area contributed by atoms with Crippen LogP contribution in [0.15, 0.2) is 18.2 Å². The van der Waals surface area contributed by atoms with E-state index in [4.69, 9.17) is 5.73 Å². The van der Waals surface area contributed by atoms with Gasteiger partial charge in [-0.1, -0.05) is 12.1 Å². The fourth-order valence-corrected chi connectivity index (χ4v) is 2.34. The number of amides is 2. The van der Waals surface area contributed by atoms with E-state index in [1.807, 2.05) is 24.0 Å². The Labute approximate surface area is 124 Å². The van der Waals surface area contributed by atoms with E-state index in [0.717, 1.165) is 31.5 Å². The predicted molar refractivity (Wildman–Crippen MR) is 81.2 cm³/mol. The lowest BCUT2D eigenvalue weighted by Gasteiger charge is -2.19. The molecule has 1 aliphatic heterocycles. The van der Waals surface area contributed by atoms with Crippen LogP contribution in [0.5, 0.6) is 0 Å².